The van der Waals surface area contributed by atoms with Crippen LogP contribution in [0, 0.1) is 5.82 Å². The highest BCUT2D eigenvalue weighted by molar-refractivity contribution is 5.60. The Bertz CT molecular complexity index is 809. The van der Waals surface area contributed by atoms with Crippen molar-refractivity contribution in [2.45, 2.75) is 12.8 Å². The molecule has 1 saturated heterocycles. The van der Waals surface area contributed by atoms with Gasteiger partial charge in [0, 0.05) is 19.3 Å². The minimum atomic E-state index is -0.373. The van der Waals surface area contributed by atoms with Gasteiger partial charge in [-0.1, -0.05) is 17.3 Å². The van der Waals surface area contributed by atoms with Gasteiger partial charge < -0.3 is 9.42 Å². The SMILES string of the molecule is Fc1ccccc1-c1noc(-c2ccc(N3CCCC3)nc2)n1. The summed E-state index contributed by atoms with van der Waals surface area (Å²) in [5, 5.41) is 3.86. The molecule has 0 unspecified atom stereocenters. The minimum absolute atomic E-state index is 0.238. The molecular formula is C17H15FN4O. The molecule has 23 heavy (non-hydrogen) atoms. The van der Waals surface area contributed by atoms with Crippen molar-refractivity contribution in [1.82, 2.24) is 15.1 Å². The molecule has 1 fully saturated rings. The van der Waals surface area contributed by atoms with Crippen LogP contribution < -0.4 is 4.90 Å². The van der Waals surface area contributed by atoms with Crippen molar-refractivity contribution in [3.05, 3.63) is 48.4 Å². The Balaban J connectivity index is 1.60. The van der Waals surface area contributed by atoms with Gasteiger partial charge in [0.2, 0.25) is 5.82 Å². The lowest BCUT2D eigenvalue weighted by atomic mass is 10.2. The molecule has 0 radical (unpaired) electrons. The quantitative estimate of drug-likeness (QED) is 0.740. The van der Waals surface area contributed by atoms with Gasteiger partial charge in [0.25, 0.3) is 5.89 Å². The number of nitrogens with zero attached hydrogens (tertiary/aromatic N) is 4. The van der Waals surface area contributed by atoms with Gasteiger partial charge >= 0.3 is 0 Å². The molecule has 0 atom stereocenters. The van der Waals surface area contributed by atoms with Gasteiger partial charge in [0.05, 0.1) is 11.1 Å². The summed E-state index contributed by atoms with van der Waals surface area (Å²) in [7, 11) is 0. The van der Waals surface area contributed by atoms with E-state index < -0.39 is 0 Å². The minimum Gasteiger partial charge on any atom is -0.357 e. The maximum Gasteiger partial charge on any atom is 0.259 e. The predicted octanol–water partition coefficient (Wildman–Crippen LogP) is 3.54. The molecular weight excluding hydrogens is 295 g/mol. The third-order valence-electron chi connectivity index (χ3n) is 3.97. The van der Waals surface area contributed by atoms with Gasteiger partial charge in [-0.15, -0.1) is 0 Å². The lowest BCUT2D eigenvalue weighted by Gasteiger charge is -2.15. The van der Waals surface area contributed by atoms with Crippen LogP contribution in [0.1, 0.15) is 12.8 Å². The topological polar surface area (TPSA) is 55.1 Å². The van der Waals surface area contributed by atoms with Crippen molar-refractivity contribution in [1.29, 1.82) is 0 Å². The fourth-order valence-corrected chi connectivity index (χ4v) is 2.74. The second-order valence-electron chi connectivity index (χ2n) is 5.50. The number of pyridine rings is 1. The highest BCUT2D eigenvalue weighted by Crippen LogP contribution is 2.25. The molecule has 0 spiro atoms. The number of hydrogen-bond donors (Lipinski definition) is 0. The molecule has 4 rings (SSSR count). The molecule has 0 aliphatic carbocycles. The number of anilines is 1. The van der Waals surface area contributed by atoms with Crippen molar-refractivity contribution in [3.63, 3.8) is 0 Å². The lowest BCUT2D eigenvalue weighted by molar-refractivity contribution is 0.431. The number of aromatic nitrogens is 3. The standard InChI is InChI=1S/C17H15FN4O/c18-14-6-2-1-5-13(14)16-20-17(23-21-16)12-7-8-15(19-11-12)22-9-3-4-10-22/h1-2,5-8,11H,3-4,9-10H2. The van der Waals surface area contributed by atoms with Gasteiger partial charge in [-0.3, -0.25) is 0 Å². The number of benzene rings is 1. The van der Waals surface area contributed by atoms with E-state index in [0.29, 0.717) is 11.5 Å². The summed E-state index contributed by atoms with van der Waals surface area (Å²) in [4.78, 5) is 11.0. The van der Waals surface area contributed by atoms with E-state index in [4.69, 9.17) is 4.52 Å². The van der Waals surface area contributed by atoms with Crippen molar-refractivity contribution in [3.8, 4) is 22.8 Å². The summed E-state index contributed by atoms with van der Waals surface area (Å²) >= 11 is 0. The Hall–Kier alpha value is -2.76. The van der Waals surface area contributed by atoms with Crippen LogP contribution in [-0.2, 0) is 0 Å². The van der Waals surface area contributed by atoms with Crippen molar-refractivity contribution in [2.75, 3.05) is 18.0 Å². The Kier molecular flexibility index (Phi) is 3.49. The Morgan fingerprint density at radius 2 is 1.87 bits per heavy atom. The average Bonchev–Trinajstić information content (AvgIpc) is 3.27. The van der Waals surface area contributed by atoms with Crippen LogP contribution in [-0.4, -0.2) is 28.2 Å². The highest BCUT2D eigenvalue weighted by Gasteiger charge is 2.16. The van der Waals surface area contributed by atoms with Crippen LogP contribution in [0.2, 0.25) is 0 Å². The van der Waals surface area contributed by atoms with Gasteiger partial charge in [0.1, 0.15) is 11.6 Å². The first kappa shape index (κ1) is 13.9. The Morgan fingerprint density at radius 1 is 1.04 bits per heavy atom. The van der Waals surface area contributed by atoms with Crippen LogP contribution in [0.3, 0.4) is 0 Å². The molecule has 5 nitrogen and oxygen atoms in total. The van der Waals surface area contributed by atoms with E-state index in [-0.39, 0.29) is 11.6 Å². The first-order valence-corrected chi connectivity index (χ1v) is 7.61. The van der Waals surface area contributed by atoms with E-state index in [9.17, 15) is 4.39 Å². The monoisotopic (exact) mass is 310 g/mol. The molecule has 3 heterocycles. The second kappa shape index (κ2) is 5.79. The summed E-state index contributed by atoms with van der Waals surface area (Å²) in [6.07, 6.45) is 4.13. The summed E-state index contributed by atoms with van der Waals surface area (Å²) in [6, 6.07) is 10.2. The molecule has 0 amide bonds. The molecule has 1 aliphatic heterocycles. The van der Waals surface area contributed by atoms with Crippen molar-refractivity contribution >= 4 is 5.82 Å². The van der Waals surface area contributed by atoms with Crippen molar-refractivity contribution in [2.24, 2.45) is 0 Å². The van der Waals surface area contributed by atoms with Crippen LogP contribution in [0.25, 0.3) is 22.8 Å². The fourth-order valence-electron chi connectivity index (χ4n) is 2.74. The maximum absolute atomic E-state index is 13.8. The molecule has 0 bridgehead atoms. The summed E-state index contributed by atoms with van der Waals surface area (Å²) in [5.74, 6) is 1.16. The third kappa shape index (κ3) is 2.67. The zero-order valence-electron chi connectivity index (χ0n) is 12.4. The zero-order valence-corrected chi connectivity index (χ0v) is 12.4. The van der Waals surface area contributed by atoms with Gasteiger partial charge in [-0.2, -0.15) is 4.98 Å². The van der Waals surface area contributed by atoms with E-state index in [1.807, 2.05) is 12.1 Å². The fraction of sp³-hybridized carbons (Fsp3) is 0.235. The van der Waals surface area contributed by atoms with E-state index in [2.05, 4.69) is 20.0 Å². The maximum atomic E-state index is 13.8. The molecule has 1 aliphatic rings. The van der Waals surface area contributed by atoms with E-state index >= 15 is 0 Å². The average molecular weight is 310 g/mol. The summed E-state index contributed by atoms with van der Waals surface area (Å²) < 4.78 is 19.0. The molecule has 0 saturated carbocycles. The third-order valence-corrected chi connectivity index (χ3v) is 3.97. The molecule has 6 heteroatoms. The van der Waals surface area contributed by atoms with Gasteiger partial charge in [-0.25, -0.2) is 9.37 Å². The normalized spacial score (nSPS) is 14.4. The van der Waals surface area contributed by atoms with E-state index in [0.717, 1.165) is 24.5 Å². The molecule has 0 N–H and O–H groups in total. The van der Waals surface area contributed by atoms with Gasteiger partial charge in [0.15, 0.2) is 0 Å². The molecule has 116 valence electrons. The predicted molar refractivity (Wildman–Crippen MR) is 84.4 cm³/mol. The first-order chi connectivity index (χ1) is 11.3. The van der Waals surface area contributed by atoms with Crippen LogP contribution in [0.15, 0.2) is 47.1 Å². The Labute approximate surface area is 132 Å². The van der Waals surface area contributed by atoms with E-state index in [1.165, 1.54) is 18.9 Å². The van der Waals surface area contributed by atoms with Crippen LogP contribution >= 0.6 is 0 Å². The molecule has 3 aromatic rings. The molecule has 1 aromatic carbocycles. The number of halogens is 1. The number of hydrogen-bond acceptors (Lipinski definition) is 5. The first-order valence-electron chi connectivity index (χ1n) is 7.61. The summed E-state index contributed by atoms with van der Waals surface area (Å²) in [6.45, 7) is 2.09. The highest BCUT2D eigenvalue weighted by atomic mass is 19.1. The largest absolute Gasteiger partial charge is 0.357 e. The second-order valence-corrected chi connectivity index (χ2v) is 5.50. The van der Waals surface area contributed by atoms with E-state index in [1.54, 1.807) is 24.4 Å². The van der Waals surface area contributed by atoms with Gasteiger partial charge in [-0.05, 0) is 37.1 Å². The van der Waals surface area contributed by atoms with Crippen molar-refractivity contribution < 1.29 is 8.91 Å². The van der Waals surface area contributed by atoms with Crippen LogP contribution in [0.4, 0.5) is 10.2 Å². The number of rotatable bonds is 3. The molecule has 2 aromatic heterocycles. The van der Waals surface area contributed by atoms with Crippen LogP contribution in [0.5, 0.6) is 0 Å². The summed E-state index contributed by atoms with van der Waals surface area (Å²) in [5.41, 5.74) is 1.05. The smallest absolute Gasteiger partial charge is 0.259 e. The lowest BCUT2D eigenvalue weighted by Crippen LogP contribution is -2.18. The Morgan fingerprint density at radius 3 is 2.61 bits per heavy atom. The zero-order chi connectivity index (χ0) is 15.6.